The molecular formula is C24H29NO4. The Bertz CT molecular complexity index is 817. The summed E-state index contributed by atoms with van der Waals surface area (Å²) in [5.74, 6) is 1.91. The molecule has 0 bridgehead atoms. The van der Waals surface area contributed by atoms with Gasteiger partial charge in [0.05, 0.1) is 20.3 Å². The normalized spacial score (nSPS) is 21.6. The number of carbonyl (C=O) groups excluding carboxylic acids is 1. The highest BCUT2D eigenvalue weighted by molar-refractivity contribution is 5.79. The number of rotatable bonds is 8. The smallest absolute Gasteiger partial charge is 0.223 e. The Morgan fingerprint density at radius 3 is 2.76 bits per heavy atom. The molecule has 2 aromatic carbocycles. The van der Waals surface area contributed by atoms with Gasteiger partial charge >= 0.3 is 0 Å². The van der Waals surface area contributed by atoms with Gasteiger partial charge in [0.15, 0.2) is 11.5 Å². The van der Waals surface area contributed by atoms with Gasteiger partial charge < -0.3 is 19.1 Å². The Hall–Kier alpha value is -2.53. The van der Waals surface area contributed by atoms with Crippen LogP contribution in [0.2, 0.25) is 0 Å². The number of ether oxygens (including phenoxy) is 3. The first kappa shape index (κ1) is 19.8. The second kappa shape index (κ2) is 9.31. The van der Waals surface area contributed by atoms with E-state index in [-0.39, 0.29) is 17.9 Å². The summed E-state index contributed by atoms with van der Waals surface area (Å²) in [7, 11) is 1.65. The van der Waals surface area contributed by atoms with Crippen LogP contribution in [0.5, 0.6) is 11.5 Å². The quantitative estimate of drug-likeness (QED) is 0.682. The maximum Gasteiger partial charge on any atom is 0.223 e. The van der Waals surface area contributed by atoms with E-state index in [1.54, 1.807) is 7.11 Å². The number of likely N-dealkylation sites (tertiary alicyclic amines) is 1. The van der Waals surface area contributed by atoms with Crippen LogP contribution >= 0.6 is 0 Å². The van der Waals surface area contributed by atoms with Crippen molar-refractivity contribution in [3.8, 4) is 11.5 Å². The molecule has 5 heteroatoms. The molecule has 5 nitrogen and oxygen atoms in total. The number of benzene rings is 2. The summed E-state index contributed by atoms with van der Waals surface area (Å²) >= 11 is 0. The van der Waals surface area contributed by atoms with E-state index in [1.165, 1.54) is 5.56 Å². The molecule has 154 valence electrons. The van der Waals surface area contributed by atoms with Crippen LogP contribution in [0.15, 0.2) is 48.5 Å². The standard InChI is InChI=1S/C24H29NO4/c1-27-22-10-9-19(14-23(22)29-21-11-13-28-17-21)20-15-24(26)25(16-20)12-5-8-18-6-3-2-4-7-18/h2-4,6-7,9-10,14,20-21H,5,8,11-13,15-17H2,1H3/t20-,21?/m1/s1. The van der Waals surface area contributed by atoms with Crippen molar-refractivity contribution in [3.05, 3.63) is 59.7 Å². The molecule has 0 spiro atoms. The number of carbonyl (C=O) groups is 1. The van der Waals surface area contributed by atoms with Crippen molar-refractivity contribution in [2.24, 2.45) is 0 Å². The number of hydrogen-bond acceptors (Lipinski definition) is 4. The van der Waals surface area contributed by atoms with Gasteiger partial charge in [-0.15, -0.1) is 0 Å². The van der Waals surface area contributed by atoms with E-state index < -0.39 is 0 Å². The first-order valence-electron chi connectivity index (χ1n) is 10.5. The maximum absolute atomic E-state index is 12.5. The fourth-order valence-electron chi connectivity index (χ4n) is 4.15. The third-order valence-corrected chi connectivity index (χ3v) is 5.79. The lowest BCUT2D eigenvalue weighted by Crippen LogP contribution is -2.26. The van der Waals surface area contributed by atoms with Gasteiger partial charge in [-0.05, 0) is 36.1 Å². The number of nitrogens with zero attached hydrogens (tertiary/aromatic N) is 1. The number of methoxy groups -OCH3 is 1. The van der Waals surface area contributed by atoms with Gasteiger partial charge in [0.25, 0.3) is 0 Å². The molecule has 0 radical (unpaired) electrons. The Kier molecular flexibility index (Phi) is 6.35. The molecule has 0 aromatic heterocycles. The fraction of sp³-hybridized carbons (Fsp3) is 0.458. The first-order valence-corrected chi connectivity index (χ1v) is 10.5. The molecule has 2 aliphatic rings. The fourth-order valence-corrected chi connectivity index (χ4v) is 4.15. The Balaban J connectivity index is 1.37. The van der Waals surface area contributed by atoms with Gasteiger partial charge in [0, 0.05) is 31.8 Å². The lowest BCUT2D eigenvalue weighted by atomic mass is 9.98. The lowest BCUT2D eigenvalue weighted by Gasteiger charge is -2.19. The van der Waals surface area contributed by atoms with Crippen LogP contribution in [-0.2, 0) is 16.0 Å². The molecule has 2 atom stereocenters. The highest BCUT2D eigenvalue weighted by Crippen LogP contribution is 2.36. The van der Waals surface area contributed by atoms with Gasteiger partial charge in [-0.3, -0.25) is 4.79 Å². The Morgan fingerprint density at radius 1 is 1.14 bits per heavy atom. The van der Waals surface area contributed by atoms with Crippen LogP contribution in [-0.4, -0.2) is 50.3 Å². The molecule has 4 rings (SSSR count). The molecule has 2 heterocycles. The minimum absolute atomic E-state index is 0.0684. The van der Waals surface area contributed by atoms with Crippen molar-refractivity contribution in [1.29, 1.82) is 0 Å². The summed E-state index contributed by atoms with van der Waals surface area (Å²) in [6, 6.07) is 16.5. The average Bonchev–Trinajstić information content (AvgIpc) is 3.39. The van der Waals surface area contributed by atoms with Crippen molar-refractivity contribution in [2.45, 2.75) is 37.7 Å². The topological polar surface area (TPSA) is 48.0 Å². The van der Waals surface area contributed by atoms with Gasteiger partial charge in [-0.1, -0.05) is 36.4 Å². The summed E-state index contributed by atoms with van der Waals surface area (Å²) in [5.41, 5.74) is 2.46. The zero-order valence-corrected chi connectivity index (χ0v) is 17.0. The van der Waals surface area contributed by atoms with Gasteiger partial charge in [0.2, 0.25) is 5.91 Å². The molecule has 1 unspecified atom stereocenters. The van der Waals surface area contributed by atoms with Crippen LogP contribution < -0.4 is 9.47 Å². The summed E-state index contributed by atoms with van der Waals surface area (Å²) < 4.78 is 17.0. The summed E-state index contributed by atoms with van der Waals surface area (Å²) in [5, 5.41) is 0. The van der Waals surface area contributed by atoms with Crippen molar-refractivity contribution in [2.75, 3.05) is 33.4 Å². The Morgan fingerprint density at radius 2 is 2.00 bits per heavy atom. The zero-order valence-electron chi connectivity index (χ0n) is 17.0. The molecule has 2 aliphatic heterocycles. The minimum atomic E-state index is 0.0684. The summed E-state index contributed by atoms with van der Waals surface area (Å²) in [4.78, 5) is 14.5. The minimum Gasteiger partial charge on any atom is -0.493 e. The van der Waals surface area contributed by atoms with E-state index >= 15 is 0 Å². The van der Waals surface area contributed by atoms with E-state index in [1.807, 2.05) is 23.1 Å². The largest absolute Gasteiger partial charge is 0.493 e. The van der Waals surface area contributed by atoms with Crippen LogP contribution in [0.25, 0.3) is 0 Å². The van der Waals surface area contributed by atoms with E-state index in [4.69, 9.17) is 14.2 Å². The average molecular weight is 395 g/mol. The van der Waals surface area contributed by atoms with E-state index in [0.717, 1.165) is 56.0 Å². The highest BCUT2D eigenvalue weighted by Gasteiger charge is 2.31. The maximum atomic E-state index is 12.5. The summed E-state index contributed by atoms with van der Waals surface area (Å²) in [6.07, 6.45) is 3.51. The van der Waals surface area contributed by atoms with Crippen LogP contribution in [0.1, 0.15) is 36.3 Å². The second-order valence-electron chi connectivity index (χ2n) is 7.84. The van der Waals surface area contributed by atoms with E-state index in [9.17, 15) is 4.79 Å². The molecule has 1 amide bonds. The molecule has 0 saturated carbocycles. The van der Waals surface area contributed by atoms with Crippen molar-refractivity contribution in [1.82, 2.24) is 4.90 Å². The SMILES string of the molecule is COc1ccc([C@@H]2CC(=O)N(CCCc3ccccc3)C2)cc1OC1CCOC1. The number of aryl methyl sites for hydroxylation is 1. The first-order chi connectivity index (χ1) is 14.2. The van der Waals surface area contributed by atoms with Gasteiger partial charge in [0.1, 0.15) is 6.10 Å². The molecule has 29 heavy (non-hydrogen) atoms. The van der Waals surface area contributed by atoms with Gasteiger partial charge in [-0.25, -0.2) is 0 Å². The predicted molar refractivity (Wildman–Crippen MR) is 112 cm³/mol. The van der Waals surface area contributed by atoms with Crippen LogP contribution in [0, 0.1) is 0 Å². The van der Waals surface area contributed by atoms with E-state index in [2.05, 4.69) is 30.3 Å². The van der Waals surface area contributed by atoms with E-state index in [0.29, 0.717) is 13.0 Å². The molecule has 0 aliphatic carbocycles. The number of amides is 1. The molecule has 2 fully saturated rings. The van der Waals surface area contributed by atoms with Crippen molar-refractivity contribution >= 4 is 5.91 Å². The monoisotopic (exact) mass is 395 g/mol. The third kappa shape index (κ3) is 4.91. The molecule has 2 aromatic rings. The molecule has 0 N–H and O–H groups in total. The van der Waals surface area contributed by atoms with Gasteiger partial charge in [-0.2, -0.15) is 0 Å². The molecule has 2 saturated heterocycles. The third-order valence-electron chi connectivity index (χ3n) is 5.79. The molecular weight excluding hydrogens is 366 g/mol. The number of hydrogen-bond donors (Lipinski definition) is 0. The second-order valence-corrected chi connectivity index (χ2v) is 7.84. The lowest BCUT2D eigenvalue weighted by molar-refractivity contribution is -0.127. The summed E-state index contributed by atoms with van der Waals surface area (Å²) in [6.45, 7) is 2.93. The van der Waals surface area contributed by atoms with Crippen LogP contribution in [0.3, 0.4) is 0 Å². The van der Waals surface area contributed by atoms with Crippen LogP contribution in [0.4, 0.5) is 0 Å². The van der Waals surface area contributed by atoms with Crippen molar-refractivity contribution in [3.63, 3.8) is 0 Å². The van der Waals surface area contributed by atoms with Crippen molar-refractivity contribution < 1.29 is 19.0 Å². The predicted octanol–water partition coefficient (Wildman–Crippen LogP) is 3.81. The Labute approximate surface area is 172 Å². The zero-order chi connectivity index (χ0) is 20.1. The highest BCUT2D eigenvalue weighted by atomic mass is 16.6.